The first-order valence-electron chi connectivity index (χ1n) is 4.97. The smallest absolute Gasteiger partial charge is 0.337 e. The molecule has 0 radical (unpaired) electrons. The number of hydrogen-bond acceptors (Lipinski definition) is 3. The molecule has 86 valence electrons. The SMILES string of the molecule is CC(C)c1cnc2[c-]nn(CC(F)F)c2n1.[Rb+]. The average Bonchev–Trinajstić information content (AvgIpc) is 2.60. The van der Waals surface area contributed by atoms with E-state index in [9.17, 15) is 8.78 Å². The van der Waals surface area contributed by atoms with Crippen LogP contribution in [0, 0.1) is 6.20 Å². The molecule has 0 saturated heterocycles. The van der Waals surface area contributed by atoms with Crippen molar-refractivity contribution in [1.29, 1.82) is 0 Å². The number of halogens is 2. The fraction of sp³-hybridized carbons (Fsp3) is 0.500. The Labute approximate surface area is 147 Å². The minimum Gasteiger partial charge on any atom is -0.337 e. The van der Waals surface area contributed by atoms with Crippen LogP contribution in [0.2, 0.25) is 0 Å². The van der Waals surface area contributed by atoms with Crippen LogP contribution >= 0.6 is 0 Å². The van der Waals surface area contributed by atoms with Crippen LogP contribution in [0.1, 0.15) is 25.5 Å². The van der Waals surface area contributed by atoms with Crippen molar-refractivity contribution in [2.24, 2.45) is 0 Å². The first-order valence-corrected chi connectivity index (χ1v) is 4.97. The molecule has 7 heteroatoms. The Bertz CT molecular complexity index is 498. The number of alkyl halides is 2. The van der Waals surface area contributed by atoms with Crippen LogP contribution in [0.5, 0.6) is 0 Å². The van der Waals surface area contributed by atoms with E-state index in [0.717, 1.165) is 10.4 Å². The van der Waals surface area contributed by atoms with Gasteiger partial charge in [0, 0.05) is 17.5 Å². The van der Waals surface area contributed by atoms with Crippen molar-refractivity contribution in [3.05, 3.63) is 18.1 Å². The summed E-state index contributed by atoms with van der Waals surface area (Å²) >= 11 is 0. The van der Waals surface area contributed by atoms with Gasteiger partial charge in [-0.3, -0.25) is 4.98 Å². The Kier molecular flexibility index (Phi) is 5.75. The first kappa shape index (κ1) is 15.3. The van der Waals surface area contributed by atoms with Gasteiger partial charge < -0.3 is 14.8 Å². The summed E-state index contributed by atoms with van der Waals surface area (Å²) in [6, 6.07) is 0. The van der Waals surface area contributed by atoms with E-state index in [-0.39, 0.29) is 64.1 Å². The van der Waals surface area contributed by atoms with Crippen LogP contribution in [-0.4, -0.2) is 26.2 Å². The quantitative estimate of drug-likeness (QED) is 0.685. The van der Waals surface area contributed by atoms with Gasteiger partial charge in [0.15, 0.2) is 0 Å². The van der Waals surface area contributed by atoms with Gasteiger partial charge >= 0.3 is 58.2 Å². The number of nitrogens with zero attached hydrogens (tertiary/aromatic N) is 4. The van der Waals surface area contributed by atoms with Gasteiger partial charge in [-0.2, -0.15) is 0 Å². The van der Waals surface area contributed by atoms with Gasteiger partial charge in [0.1, 0.15) is 0 Å². The largest absolute Gasteiger partial charge is 1.00 e. The third-order valence-corrected chi connectivity index (χ3v) is 2.20. The minimum atomic E-state index is -2.46. The van der Waals surface area contributed by atoms with Crippen molar-refractivity contribution in [2.45, 2.75) is 32.7 Å². The number of aromatic nitrogens is 4. The molecule has 2 rings (SSSR count). The monoisotopic (exact) mass is 310 g/mol. The van der Waals surface area contributed by atoms with E-state index >= 15 is 0 Å². The van der Waals surface area contributed by atoms with E-state index < -0.39 is 13.0 Å². The molecule has 0 saturated carbocycles. The summed E-state index contributed by atoms with van der Waals surface area (Å²) in [6.45, 7) is 3.46. The molecule has 2 heterocycles. The van der Waals surface area contributed by atoms with Gasteiger partial charge in [-0.1, -0.05) is 20.0 Å². The molecule has 0 unspecified atom stereocenters. The Morgan fingerprint density at radius 2 is 2.12 bits per heavy atom. The Morgan fingerprint density at radius 3 is 2.71 bits per heavy atom. The molecule has 0 aliphatic carbocycles. The minimum absolute atomic E-state index is 0. The molecular weight excluding hydrogens is 300 g/mol. The van der Waals surface area contributed by atoms with Crippen LogP contribution < -0.4 is 58.2 Å². The number of fused-ring (bicyclic) bond motifs is 1. The molecule has 2 aromatic rings. The van der Waals surface area contributed by atoms with E-state index in [1.54, 1.807) is 6.20 Å². The van der Waals surface area contributed by atoms with Crippen LogP contribution in [-0.2, 0) is 6.54 Å². The summed E-state index contributed by atoms with van der Waals surface area (Å²) in [5.74, 6) is 0.201. The van der Waals surface area contributed by atoms with E-state index in [0.29, 0.717) is 11.2 Å². The Morgan fingerprint density at radius 1 is 1.41 bits per heavy atom. The molecule has 0 atom stereocenters. The molecule has 0 N–H and O–H groups in total. The normalized spacial score (nSPS) is 11.2. The predicted molar refractivity (Wildman–Crippen MR) is 54.3 cm³/mol. The number of rotatable bonds is 3. The summed E-state index contributed by atoms with van der Waals surface area (Å²) in [6.07, 6.45) is 1.73. The van der Waals surface area contributed by atoms with Gasteiger partial charge in [-0.25, -0.2) is 8.78 Å². The third kappa shape index (κ3) is 3.59. The molecule has 0 amide bonds. The maximum absolute atomic E-state index is 12.3. The van der Waals surface area contributed by atoms with Gasteiger partial charge in [-0.15, -0.1) is 0 Å². The van der Waals surface area contributed by atoms with E-state index in [1.165, 1.54) is 0 Å². The fourth-order valence-corrected chi connectivity index (χ4v) is 1.34. The maximum atomic E-state index is 12.3. The summed E-state index contributed by atoms with van der Waals surface area (Å²) in [7, 11) is 0. The second-order valence-electron chi connectivity index (χ2n) is 3.81. The zero-order valence-corrected chi connectivity index (χ0v) is 14.9. The van der Waals surface area contributed by atoms with Gasteiger partial charge in [0.2, 0.25) is 0 Å². The van der Waals surface area contributed by atoms with Crippen LogP contribution in [0.4, 0.5) is 8.78 Å². The maximum Gasteiger partial charge on any atom is 1.00 e. The van der Waals surface area contributed by atoms with E-state index in [2.05, 4.69) is 21.3 Å². The molecule has 0 bridgehead atoms. The van der Waals surface area contributed by atoms with Crippen molar-refractivity contribution < 1.29 is 67.0 Å². The van der Waals surface area contributed by atoms with Crippen molar-refractivity contribution in [3.63, 3.8) is 0 Å². The molecule has 0 aliphatic rings. The Hall–Kier alpha value is 0.215. The zero-order valence-electron chi connectivity index (χ0n) is 9.98. The molecule has 0 fully saturated rings. The molecular formula is C10H11F2N4Rb. The van der Waals surface area contributed by atoms with E-state index in [1.807, 2.05) is 13.8 Å². The zero-order chi connectivity index (χ0) is 11.7. The summed E-state index contributed by atoms with van der Waals surface area (Å²) in [5.41, 5.74) is 1.55. The van der Waals surface area contributed by atoms with Crippen molar-refractivity contribution in [2.75, 3.05) is 0 Å². The summed E-state index contributed by atoms with van der Waals surface area (Å²) < 4.78 is 25.7. The molecule has 0 spiro atoms. The summed E-state index contributed by atoms with van der Waals surface area (Å²) in [5, 5.41) is 3.72. The predicted octanol–water partition coefficient (Wildman–Crippen LogP) is -0.981. The van der Waals surface area contributed by atoms with Gasteiger partial charge in [-0.05, 0) is 11.4 Å². The van der Waals surface area contributed by atoms with Gasteiger partial charge in [0.05, 0.1) is 6.54 Å². The van der Waals surface area contributed by atoms with Crippen LogP contribution in [0.3, 0.4) is 0 Å². The second-order valence-corrected chi connectivity index (χ2v) is 3.81. The molecule has 0 aliphatic heterocycles. The van der Waals surface area contributed by atoms with Crippen molar-refractivity contribution >= 4 is 11.2 Å². The third-order valence-electron chi connectivity index (χ3n) is 2.20. The first-order chi connectivity index (χ1) is 7.58. The van der Waals surface area contributed by atoms with Crippen molar-refractivity contribution in [3.8, 4) is 0 Å². The van der Waals surface area contributed by atoms with Crippen LogP contribution in [0.25, 0.3) is 11.2 Å². The molecule has 17 heavy (non-hydrogen) atoms. The van der Waals surface area contributed by atoms with Crippen molar-refractivity contribution in [1.82, 2.24) is 19.7 Å². The summed E-state index contributed by atoms with van der Waals surface area (Å²) in [4.78, 5) is 8.35. The average molecular weight is 311 g/mol. The second kappa shape index (κ2) is 6.40. The molecule has 0 aromatic carbocycles. The number of hydrogen-bond donors (Lipinski definition) is 0. The van der Waals surface area contributed by atoms with E-state index in [4.69, 9.17) is 0 Å². The molecule has 2 aromatic heterocycles. The fourth-order valence-electron chi connectivity index (χ4n) is 1.34. The molecule has 4 nitrogen and oxygen atoms in total. The van der Waals surface area contributed by atoms with Crippen LogP contribution in [0.15, 0.2) is 6.20 Å². The topological polar surface area (TPSA) is 43.6 Å². The van der Waals surface area contributed by atoms with Gasteiger partial charge in [0.25, 0.3) is 6.43 Å². The standard InChI is InChI=1S/C10H11F2N4.Rb/c1-6(2)7-3-13-8-4-14-16(5-9(11)12)10(8)15-7;/h3,6,9H,5H2,1-2H3;/q-1;+1. The Balaban J connectivity index is 0.00000144.